The third-order valence-electron chi connectivity index (χ3n) is 3.17. The van der Waals surface area contributed by atoms with Crippen molar-refractivity contribution >= 4 is 33.0 Å². The van der Waals surface area contributed by atoms with Gasteiger partial charge in [0.25, 0.3) is 5.91 Å². The van der Waals surface area contributed by atoms with Crippen molar-refractivity contribution < 1.29 is 14.3 Å². The predicted molar refractivity (Wildman–Crippen MR) is 85.9 cm³/mol. The summed E-state index contributed by atoms with van der Waals surface area (Å²) in [5.41, 5.74) is 6.48. The van der Waals surface area contributed by atoms with Crippen LogP contribution >= 0.6 is 11.3 Å². The number of carbonyl (C=O) groups excluding carboxylic acids is 1. The number of fused-ring (bicyclic) bond motifs is 1. The number of hydrogen-bond donors (Lipinski definition) is 1. The molecule has 0 aliphatic carbocycles. The maximum atomic E-state index is 12.6. The van der Waals surface area contributed by atoms with Crippen molar-refractivity contribution in [2.24, 2.45) is 0 Å². The minimum atomic E-state index is 0.00358. The van der Waals surface area contributed by atoms with Gasteiger partial charge in [-0.05, 0) is 29.7 Å². The first kappa shape index (κ1) is 15.8. The van der Waals surface area contributed by atoms with Crippen molar-refractivity contribution in [1.82, 2.24) is 4.90 Å². The minimum Gasteiger partial charge on any atom is -0.399 e. The van der Waals surface area contributed by atoms with Gasteiger partial charge in [-0.25, -0.2) is 0 Å². The molecule has 2 rings (SSSR count). The van der Waals surface area contributed by atoms with Crippen molar-refractivity contribution in [3.05, 3.63) is 29.1 Å². The lowest BCUT2D eigenvalue weighted by Gasteiger charge is -2.21. The quantitative estimate of drug-likeness (QED) is 0.797. The summed E-state index contributed by atoms with van der Waals surface area (Å²) >= 11 is 1.48. The summed E-state index contributed by atoms with van der Waals surface area (Å²) in [7, 11) is 3.25. The van der Waals surface area contributed by atoms with Gasteiger partial charge in [0.15, 0.2) is 0 Å². The first-order valence-electron chi connectivity index (χ1n) is 6.72. The summed E-state index contributed by atoms with van der Waals surface area (Å²) < 4.78 is 11.2. The minimum absolute atomic E-state index is 0.00358. The van der Waals surface area contributed by atoms with Crippen LogP contribution in [0.1, 0.15) is 9.67 Å². The monoisotopic (exact) mass is 308 g/mol. The highest BCUT2D eigenvalue weighted by molar-refractivity contribution is 7.20. The molecule has 1 aromatic carbocycles. The second-order valence-electron chi connectivity index (χ2n) is 4.69. The van der Waals surface area contributed by atoms with Crippen molar-refractivity contribution in [1.29, 1.82) is 0 Å². The van der Waals surface area contributed by atoms with Gasteiger partial charge < -0.3 is 20.1 Å². The molecule has 2 aromatic rings. The van der Waals surface area contributed by atoms with Crippen LogP contribution in [0.4, 0.5) is 5.69 Å². The average Bonchev–Trinajstić information content (AvgIpc) is 2.89. The van der Waals surface area contributed by atoms with E-state index >= 15 is 0 Å². The fourth-order valence-electron chi connectivity index (χ4n) is 2.04. The molecule has 1 aromatic heterocycles. The summed E-state index contributed by atoms with van der Waals surface area (Å²) in [5.74, 6) is 0.00358. The lowest BCUT2D eigenvalue weighted by Crippen LogP contribution is -2.36. The number of ether oxygens (including phenoxy) is 2. The van der Waals surface area contributed by atoms with Crippen LogP contribution < -0.4 is 5.73 Å². The maximum Gasteiger partial charge on any atom is 0.264 e. The largest absolute Gasteiger partial charge is 0.399 e. The van der Waals surface area contributed by atoms with E-state index in [0.717, 1.165) is 10.1 Å². The SMILES string of the molecule is COCCN(CCOC)C(=O)c1cc2cc(N)ccc2s1. The highest BCUT2D eigenvalue weighted by Crippen LogP contribution is 2.28. The van der Waals surface area contributed by atoms with Crippen LogP contribution in [0.25, 0.3) is 10.1 Å². The molecular formula is C15H20N2O3S. The van der Waals surface area contributed by atoms with Gasteiger partial charge in [0, 0.05) is 37.7 Å². The first-order valence-corrected chi connectivity index (χ1v) is 7.53. The van der Waals surface area contributed by atoms with E-state index in [9.17, 15) is 4.79 Å². The zero-order valence-corrected chi connectivity index (χ0v) is 13.1. The number of hydrogen-bond acceptors (Lipinski definition) is 5. The van der Waals surface area contributed by atoms with Gasteiger partial charge in [0.05, 0.1) is 18.1 Å². The number of rotatable bonds is 7. The zero-order chi connectivity index (χ0) is 15.2. The molecule has 0 unspecified atom stereocenters. The number of methoxy groups -OCH3 is 2. The van der Waals surface area contributed by atoms with Gasteiger partial charge in [-0.3, -0.25) is 4.79 Å². The van der Waals surface area contributed by atoms with Gasteiger partial charge in [-0.1, -0.05) is 0 Å². The molecule has 0 aliphatic rings. The van der Waals surface area contributed by atoms with Gasteiger partial charge in [-0.2, -0.15) is 0 Å². The normalized spacial score (nSPS) is 11.0. The Morgan fingerprint density at radius 2 is 1.86 bits per heavy atom. The Kier molecular flexibility index (Phi) is 5.55. The first-order chi connectivity index (χ1) is 10.2. The van der Waals surface area contributed by atoms with Crippen LogP contribution in [-0.4, -0.2) is 51.3 Å². The Morgan fingerprint density at radius 3 is 2.48 bits per heavy atom. The molecular weight excluding hydrogens is 288 g/mol. The number of nitrogens with two attached hydrogens (primary N) is 1. The fraction of sp³-hybridized carbons (Fsp3) is 0.400. The lowest BCUT2D eigenvalue weighted by molar-refractivity contribution is 0.0632. The van der Waals surface area contributed by atoms with Crippen LogP contribution in [0.15, 0.2) is 24.3 Å². The maximum absolute atomic E-state index is 12.6. The molecule has 0 saturated carbocycles. The average molecular weight is 308 g/mol. The Labute approximate surface area is 128 Å². The highest BCUT2D eigenvalue weighted by Gasteiger charge is 2.18. The molecule has 2 N–H and O–H groups in total. The van der Waals surface area contributed by atoms with E-state index in [2.05, 4.69) is 0 Å². The molecule has 0 fully saturated rings. The number of thiophene rings is 1. The second kappa shape index (κ2) is 7.40. The van der Waals surface area contributed by atoms with E-state index < -0.39 is 0 Å². The van der Waals surface area contributed by atoms with Crippen molar-refractivity contribution in [3.8, 4) is 0 Å². The summed E-state index contributed by atoms with van der Waals surface area (Å²) in [5, 5.41) is 1.00. The molecule has 0 spiro atoms. The number of carbonyl (C=O) groups is 1. The Hall–Kier alpha value is -1.63. The number of anilines is 1. The van der Waals surface area contributed by atoms with Crippen LogP contribution in [0.5, 0.6) is 0 Å². The van der Waals surface area contributed by atoms with E-state index in [1.54, 1.807) is 19.1 Å². The van der Waals surface area contributed by atoms with Gasteiger partial charge in [0.2, 0.25) is 0 Å². The van der Waals surface area contributed by atoms with Crippen LogP contribution in [0, 0.1) is 0 Å². The fourth-order valence-corrected chi connectivity index (χ4v) is 3.05. The molecule has 0 saturated heterocycles. The Bertz CT molecular complexity index is 604. The number of amides is 1. The summed E-state index contributed by atoms with van der Waals surface area (Å²) in [6.45, 7) is 2.12. The van der Waals surface area contributed by atoms with Gasteiger partial charge in [-0.15, -0.1) is 11.3 Å². The van der Waals surface area contributed by atoms with Gasteiger partial charge in [0.1, 0.15) is 0 Å². The number of benzene rings is 1. The van der Waals surface area contributed by atoms with E-state index in [1.165, 1.54) is 11.3 Å². The van der Waals surface area contributed by atoms with Crippen LogP contribution in [0.2, 0.25) is 0 Å². The number of nitrogen functional groups attached to an aromatic ring is 1. The Morgan fingerprint density at radius 1 is 1.19 bits per heavy atom. The summed E-state index contributed by atoms with van der Waals surface area (Å²) in [4.78, 5) is 15.1. The second-order valence-corrected chi connectivity index (χ2v) is 5.77. The molecule has 0 bridgehead atoms. The molecule has 0 atom stereocenters. The van der Waals surface area contributed by atoms with Crippen molar-refractivity contribution in [2.45, 2.75) is 0 Å². The molecule has 21 heavy (non-hydrogen) atoms. The van der Waals surface area contributed by atoms with E-state index in [0.29, 0.717) is 36.9 Å². The van der Waals surface area contributed by atoms with Crippen LogP contribution in [-0.2, 0) is 9.47 Å². The third kappa shape index (κ3) is 3.93. The lowest BCUT2D eigenvalue weighted by atomic mass is 10.2. The van der Waals surface area contributed by atoms with Crippen molar-refractivity contribution in [3.63, 3.8) is 0 Å². The van der Waals surface area contributed by atoms with E-state index in [1.807, 2.05) is 24.3 Å². The third-order valence-corrected chi connectivity index (χ3v) is 4.27. The molecule has 6 heteroatoms. The summed E-state index contributed by atoms with van der Waals surface area (Å²) in [6, 6.07) is 7.57. The molecule has 114 valence electrons. The topological polar surface area (TPSA) is 64.8 Å². The summed E-state index contributed by atoms with van der Waals surface area (Å²) in [6.07, 6.45) is 0. The molecule has 5 nitrogen and oxygen atoms in total. The number of nitrogens with zero attached hydrogens (tertiary/aromatic N) is 1. The molecule has 0 radical (unpaired) electrons. The standard InChI is InChI=1S/C15H20N2O3S/c1-19-7-5-17(6-8-20-2)15(18)14-10-11-9-12(16)3-4-13(11)21-14/h3-4,9-10H,5-8,16H2,1-2H3. The smallest absolute Gasteiger partial charge is 0.264 e. The van der Waals surface area contributed by atoms with E-state index in [-0.39, 0.29) is 5.91 Å². The van der Waals surface area contributed by atoms with Crippen molar-refractivity contribution in [2.75, 3.05) is 46.3 Å². The highest BCUT2D eigenvalue weighted by atomic mass is 32.1. The van der Waals surface area contributed by atoms with Gasteiger partial charge >= 0.3 is 0 Å². The zero-order valence-electron chi connectivity index (χ0n) is 12.3. The molecule has 1 amide bonds. The predicted octanol–water partition coefficient (Wildman–Crippen LogP) is 2.22. The molecule has 0 aliphatic heterocycles. The molecule has 1 heterocycles. The van der Waals surface area contributed by atoms with E-state index in [4.69, 9.17) is 15.2 Å². The Balaban J connectivity index is 2.20. The van der Waals surface area contributed by atoms with Crippen LogP contribution in [0.3, 0.4) is 0 Å².